The van der Waals surface area contributed by atoms with Gasteiger partial charge < -0.3 is 4.74 Å². The first-order chi connectivity index (χ1) is 9.02. The minimum Gasteiger partial charge on any atom is -0.464 e. The largest absolute Gasteiger partial charge is 0.464 e. The highest BCUT2D eigenvalue weighted by molar-refractivity contribution is 5.86. The average Bonchev–Trinajstić information content (AvgIpc) is 2.41. The lowest BCUT2D eigenvalue weighted by Crippen LogP contribution is -2.21. The summed E-state index contributed by atoms with van der Waals surface area (Å²) in [5.41, 5.74) is -1.39. The molecular weight excluding hydrogens is 258 g/mol. The smallest absolute Gasteiger partial charge is 0.362 e. The Hall–Kier alpha value is -2.57. The third-order valence-corrected chi connectivity index (χ3v) is 2.34. The molecule has 19 heavy (non-hydrogen) atoms. The first-order valence-corrected chi connectivity index (χ1v) is 5.16. The molecule has 0 fully saturated rings. The number of benzene rings is 1. The molecule has 0 saturated carbocycles. The third-order valence-electron chi connectivity index (χ3n) is 2.34. The van der Waals surface area contributed by atoms with Crippen molar-refractivity contribution in [2.24, 2.45) is 0 Å². The first-order valence-electron chi connectivity index (χ1n) is 5.16. The van der Waals surface area contributed by atoms with E-state index in [4.69, 9.17) is 0 Å². The van der Waals surface area contributed by atoms with Crippen LogP contribution in [-0.4, -0.2) is 22.9 Å². The number of carbonyl (C=O) groups is 1. The number of nitrogens with zero attached hydrogens (tertiary/aromatic N) is 2. The Kier molecular flexibility index (Phi) is 3.37. The summed E-state index contributed by atoms with van der Waals surface area (Å²) in [6.07, 6.45) is 1.13. The van der Waals surface area contributed by atoms with E-state index in [2.05, 4.69) is 9.84 Å². The fraction of sp³-hybridized carbons (Fsp3) is 0.0833. The molecular formula is C12H8F2N2O3. The number of aromatic nitrogens is 2. The number of hydrogen-bond donors (Lipinski definition) is 0. The Morgan fingerprint density at radius 3 is 2.74 bits per heavy atom. The van der Waals surface area contributed by atoms with Crippen molar-refractivity contribution in [3.63, 3.8) is 0 Å². The van der Waals surface area contributed by atoms with Crippen LogP contribution < -0.4 is 5.43 Å². The molecule has 7 heteroatoms. The molecule has 1 heterocycles. The molecule has 5 nitrogen and oxygen atoms in total. The van der Waals surface area contributed by atoms with Gasteiger partial charge in [-0.1, -0.05) is 0 Å². The quantitative estimate of drug-likeness (QED) is 0.769. The molecule has 0 saturated heterocycles. The van der Waals surface area contributed by atoms with Gasteiger partial charge in [-0.2, -0.15) is 5.10 Å². The summed E-state index contributed by atoms with van der Waals surface area (Å²) < 4.78 is 31.9. The van der Waals surface area contributed by atoms with Crippen molar-refractivity contribution >= 4 is 5.97 Å². The maximum atomic E-state index is 13.5. The van der Waals surface area contributed by atoms with E-state index in [9.17, 15) is 18.4 Å². The first kappa shape index (κ1) is 12.9. The molecule has 0 aliphatic carbocycles. The Labute approximate surface area is 106 Å². The molecule has 0 atom stereocenters. The van der Waals surface area contributed by atoms with Crippen LogP contribution in [0.2, 0.25) is 0 Å². The summed E-state index contributed by atoms with van der Waals surface area (Å²) in [7, 11) is 1.09. The number of hydrogen-bond acceptors (Lipinski definition) is 4. The zero-order valence-electron chi connectivity index (χ0n) is 9.76. The second kappa shape index (κ2) is 4.97. The standard InChI is InChI=1S/C12H8F2N2O3/c1-19-12(18)11-10(17)4-5-16(15-11)9-6-7(13)2-3-8(9)14/h2-6H,1H3. The third kappa shape index (κ3) is 2.49. The van der Waals surface area contributed by atoms with Gasteiger partial charge in [-0.3, -0.25) is 4.79 Å². The summed E-state index contributed by atoms with van der Waals surface area (Å²) in [6, 6.07) is 3.78. The van der Waals surface area contributed by atoms with Crippen LogP contribution in [0.25, 0.3) is 5.69 Å². The van der Waals surface area contributed by atoms with Crippen molar-refractivity contribution in [2.75, 3.05) is 7.11 Å². The SMILES string of the molecule is COC(=O)c1nn(-c2cc(F)ccc2F)ccc1=O. The van der Waals surface area contributed by atoms with Gasteiger partial charge in [0.15, 0.2) is 0 Å². The van der Waals surface area contributed by atoms with Crippen LogP contribution in [0.1, 0.15) is 10.5 Å². The van der Waals surface area contributed by atoms with Crippen LogP contribution in [-0.2, 0) is 4.74 Å². The number of rotatable bonds is 2. The highest BCUT2D eigenvalue weighted by Gasteiger charge is 2.15. The molecule has 0 amide bonds. The number of ether oxygens (including phenoxy) is 1. The van der Waals surface area contributed by atoms with Crippen LogP contribution in [0.4, 0.5) is 8.78 Å². The Bertz CT molecular complexity index is 698. The molecule has 0 bridgehead atoms. The van der Waals surface area contributed by atoms with Crippen LogP contribution in [0.5, 0.6) is 0 Å². The van der Waals surface area contributed by atoms with Crippen LogP contribution in [0, 0.1) is 11.6 Å². The van der Waals surface area contributed by atoms with Gasteiger partial charge in [0, 0.05) is 18.3 Å². The molecule has 2 rings (SSSR count). The maximum Gasteiger partial charge on any atom is 0.362 e. The highest BCUT2D eigenvalue weighted by Crippen LogP contribution is 2.13. The zero-order valence-corrected chi connectivity index (χ0v) is 9.76. The summed E-state index contributed by atoms with van der Waals surface area (Å²) in [4.78, 5) is 22.7. The Morgan fingerprint density at radius 1 is 1.32 bits per heavy atom. The van der Waals surface area contributed by atoms with Gasteiger partial charge in [0.25, 0.3) is 0 Å². The normalized spacial score (nSPS) is 10.3. The van der Waals surface area contributed by atoms with Crippen LogP contribution >= 0.6 is 0 Å². The van der Waals surface area contributed by atoms with E-state index in [0.717, 1.165) is 42.3 Å². The second-order valence-electron chi connectivity index (χ2n) is 3.56. The van der Waals surface area contributed by atoms with Gasteiger partial charge in [-0.15, -0.1) is 0 Å². The molecule has 0 radical (unpaired) electrons. The molecule has 98 valence electrons. The fourth-order valence-electron chi connectivity index (χ4n) is 1.44. The van der Waals surface area contributed by atoms with E-state index < -0.39 is 28.7 Å². The van der Waals surface area contributed by atoms with Crippen molar-refractivity contribution in [3.05, 3.63) is 58.0 Å². The van der Waals surface area contributed by atoms with E-state index in [0.29, 0.717) is 0 Å². The van der Waals surface area contributed by atoms with E-state index in [-0.39, 0.29) is 5.69 Å². The summed E-state index contributed by atoms with van der Waals surface area (Å²) in [5.74, 6) is -2.36. The fourth-order valence-corrected chi connectivity index (χ4v) is 1.44. The molecule has 0 aliphatic heterocycles. The van der Waals surface area contributed by atoms with Crippen molar-refractivity contribution in [2.45, 2.75) is 0 Å². The molecule has 0 spiro atoms. The van der Waals surface area contributed by atoms with E-state index in [1.807, 2.05) is 0 Å². The average molecular weight is 266 g/mol. The predicted molar refractivity (Wildman–Crippen MR) is 61.1 cm³/mol. The zero-order chi connectivity index (χ0) is 14.0. The van der Waals surface area contributed by atoms with Gasteiger partial charge >= 0.3 is 5.97 Å². The number of methoxy groups -OCH3 is 1. The topological polar surface area (TPSA) is 61.2 Å². The van der Waals surface area contributed by atoms with Crippen LogP contribution in [0.3, 0.4) is 0 Å². The van der Waals surface area contributed by atoms with Crippen molar-refractivity contribution < 1.29 is 18.3 Å². The molecule has 1 aromatic heterocycles. The molecule has 0 N–H and O–H groups in total. The monoisotopic (exact) mass is 266 g/mol. The van der Waals surface area contributed by atoms with Crippen molar-refractivity contribution in [1.29, 1.82) is 0 Å². The van der Waals surface area contributed by atoms with Gasteiger partial charge in [0.05, 0.1) is 7.11 Å². The Morgan fingerprint density at radius 2 is 2.05 bits per heavy atom. The lowest BCUT2D eigenvalue weighted by molar-refractivity contribution is 0.0590. The number of carbonyl (C=O) groups excluding carboxylic acids is 1. The minimum atomic E-state index is -0.948. The molecule has 2 aromatic rings. The number of esters is 1. The second-order valence-corrected chi connectivity index (χ2v) is 3.56. The van der Waals surface area contributed by atoms with E-state index in [1.54, 1.807) is 0 Å². The lowest BCUT2D eigenvalue weighted by atomic mass is 10.3. The molecule has 1 aromatic carbocycles. The van der Waals surface area contributed by atoms with Gasteiger partial charge in [-0.05, 0) is 12.1 Å². The Balaban J connectivity index is 2.61. The van der Waals surface area contributed by atoms with Gasteiger partial charge in [0.1, 0.15) is 17.3 Å². The summed E-state index contributed by atoms with van der Waals surface area (Å²) in [5, 5.41) is 3.64. The van der Waals surface area contributed by atoms with Crippen molar-refractivity contribution in [3.8, 4) is 5.69 Å². The predicted octanol–water partition coefficient (Wildman–Crippen LogP) is 1.30. The minimum absolute atomic E-state index is 0.217. The van der Waals surface area contributed by atoms with E-state index >= 15 is 0 Å². The van der Waals surface area contributed by atoms with Crippen LogP contribution in [0.15, 0.2) is 35.3 Å². The molecule has 0 unspecified atom stereocenters. The van der Waals surface area contributed by atoms with Gasteiger partial charge in [-0.25, -0.2) is 18.3 Å². The van der Waals surface area contributed by atoms with E-state index in [1.165, 1.54) is 0 Å². The summed E-state index contributed by atoms with van der Waals surface area (Å²) in [6.45, 7) is 0. The number of halogens is 2. The highest BCUT2D eigenvalue weighted by atomic mass is 19.1. The lowest BCUT2D eigenvalue weighted by Gasteiger charge is -2.07. The van der Waals surface area contributed by atoms with Gasteiger partial charge in [0.2, 0.25) is 11.1 Å². The molecule has 0 aliphatic rings. The summed E-state index contributed by atoms with van der Waals surface area (Å²) >= 11 is 0. The van der Waals surface area contributed by atoms with Crippen molar-refractivity contribution in [1.82, 2.24) is 9.78 Å². The maximum absolute atomic E-state index is 13.5.